The van der Waals surface area contributed by atoms with Gasteiger partial charge >= 0.3 is 0 Å². The Kier molecular flexibility index (Phi) is 7.07. The summed E-state index contributed by atoms with van der Waals surface area (Å²) in [6.07, 6.45) is 5.16. The molecule has 30 heavy (non-hydrogen) atoms. The maximum Gasteiger partial charge on any atom is 0.224 e. The Labute approximate surface area is 177 Å². The number of carbonyl (C=O) groups excluding carboxylic acids is 1. The van der Waals surface area contributed by atoms with Gasteiger partial charge in [0.05, 0.1) is 13.2 Å². The molecule has 0 aliphatic carbocycles. The first-order chi connectivity index (χ1) is 14.7. The van der Waals surface area contributed by atoms with Crippen molar-refractivity contribution >= 4 is 5.91 Å². The lowest BCUT2D eigenvalue weighted by molar-refractivity contribution is -0.135. The number of piperidine rings is 1. The fourth-order valence-electron chi connectivity index (χ4n) is 4.32. The minimum absolute atomic E-state index is 0.166. The summed E-state index contributed by atoms with van der Waals surface area (Å²) in [6.45, 7) is 5.59. The lowest BCUT2D eigenvalue weighted by Crippen LogP contribution is -2.42. The number of aromatic nitrogens is 1. The smallest absolute Gasteiger partial charge is 0.224 e. The average Bonchev–Trinajstić information content (AvgIpc) is 2.80. The van der Waals surface area contributed by atoms with E-state index in [4.69, 9.17) is 4.74 Å². The molecule has 5 nitrogen and oxygen atoms in total. The molecule has 6 heteroatoms. The Balaban J connectivity index is 1.23. The van der Waals surface area contributed by atoms with E-state index >= 15 is 0 Å². The average molecular weight is 412 g/mol. The Morgan fingerprint density at radius 2 is 1.83 bits per heavy atom. The van der Waals surface area contributed by atoms with E-state index in [1.54, 1.807) is 6.07 Å². The predicted molar refractivity (Wildman–Crippen MR) is 114 cm³/mol. The van der Waals surface area contributed by atoms with Crippen LogP contribution in [0.1, 0.15) is 42.0 Å². The van der Waals surface area contributed by atoms with Gasteiger partial charge in [0.1, 0.15) is 5.82 Å². The monoisotopic (exact) mass is 411 g/mol. The van der Waals surface area contributed by atoms with Gasteiger partial charge in [-0.05, 0) is 49.2 Å². The van der Waals surface area contributed by atoms with Crippen LogP contribution in [0.25, 0.3) is 0 Å². The highest BCUT2D eigenvalue weighted by atomic mass is 19.1. The highest BCUT2D eigenvalue weighted by Gasteiger charge is 2.23. The maximum absolute atomic E-state index is 13.8. The normalized spacial score (nSPS) is 18.5. The molecule has 4 rings (SSSR count). The van der Waals surface area contributed by atoms with E-state index in [2.05, 4.69) is 22.0 Å². The third kappa shape index (κ3) is 5.43. The van der Waals surface area contributed by atoms with Gasteiger partial charge in [0.15, 0.2) is 0 Å². The minimum atomic E-state index is -0.166. The number of ether oxygens (including phenoxy) is 1. The first-order valence-corrected chi connectivity index (χ1v) is 10.9. The summed E-state index contributed by atoms with van der Waals surface area (Å²) in [6, 6.07) is 11.1. The second kappa shape index (κ2) is 10.1. The Hall–Kier alpha value is -2.31. The largest absolute Gasteiger partial charge is 0.378 e. The topological polar surface area (TPSA) is 45.7 Å². The fraction of sp³-hybridized carbons (Fsp3) is 0.500. The van der Waals surface area contributed by atoms with Crippen molar-refractivity contribution in [2.45, 2.75) is 31.6 Å². The van der Waals surface area contributed by atoms with Gasteiger partial charge in [-0.25, -0.2) is 4.39 Å². The van der Waals surface area contributed by atoms with E-state index in [9.17, 15) is 9.18 Å². The quantitative estimate of drug-likeness (QED) is 0.732. The van der Waals surface area contributed by atoms with Crippen LogP contribution in [0.4, 0.5) is 4.39 Å². The molecule has 2 aliphatic heterocycles. The van der Waals surface area contributed by atoms with Crippen molar-refractivity contribution in [1.29, 1.82) is 0 Å². The van der Waals surface area contributed by atoms with Gasteiger partial charge in [-0.3, -0.25) is 9.78 Å². The predicted octanol–water partition coefficient (Wildman–Crippen LogP) is 3.24. The fourth-order valence-corrected chi connectivity index (χ4v) is 4.32. The molecule has 160 valence electrons. The highest BCUT2D eigenvalue weighted by molar-refractivity contribution is 5.76. The third-order valence-corrected chi connectivity index (χ3v) is 6.21. The van der Waals surface area contributed by atoms with Gasteiger partial charge in [-0.2, -0.15) is 0 Å². The lowest BCUT2D eigenvalue weighted by atomic mass is 9.92. The molecule has 2 saturated heterocycles. The summed E-state index contributed by atoms with van der Waals surface area (Å²) in [5, 5.41) is 0. The maximum atomic E-state index is 13.8. The number of pyridine rings is 1. The molecule has 0 unspecified atom stereocenters. The van der Waals surface area contributed by atoms with Gasteiger partial charge in [-0.1, -0.05) is 24.3 Å². The van der Waals surface area contributed by atoms with Gasteiger partial charge in [0.25, 0.3) is 0 Å². The van der Waals surface area contributed by atoms with E-state index < -0.39 is 0 Å². The number of hydrogen-bond acceptors (Lipinski definition) is 4. The number of nitrogens with zero attached hydrogens (tertiary/aromatic N) is 3. The molecule has 1 aromatic heterocycles. The lowest BCUT2D eigenvalue weighted by Gasteiger charge is -2.32. The molecule has 2 fully saturated rings. The van der Waals surface area contributed by atoms with Crippen LogP contribution >= 0.6 is 0 Å². The van der Waals surface area contributed by atoms with Crippen LogP contribution < -0.4 is 0 Å². The van der Waals surface area contributed by atoms with Gasteiger partial charge in [0.2, 0.25) is 5.91 Å². The molecule has 0 saturated carbocycles. The van der Waals surface area contributed by atoms with Crippen LogP contribution in [0, 0.1) is 5.82 Å². The second-order valence-corrected chi connectivity index (χ2v) is 8.22. The van der Waals surface area contributed by atoms with Crippen LogP contribution in [-0.2, 0) is 16.0 Å². The van der Waals surface area contributed by atoms with Crippen LogP contribution in [-0.4, -0.2) is 66.6 Å². The Morgan fingerprint density at radius 1 is 1.07 bits per heavy atom. The summed E-state index contributed by atoms with van der Waals surface area (Å²) in [7, 11) is 0. The molecule has 2 aliphatic rings. The molecule has 0 radical (unpaired) electrons. The van der Waals surface area contributed by atoms with E-state index in [-0.39, 0.29) is 11.7 Å². The SMILES string of the molecule is O=C(CCN1CCC(c2ccc(Cc3ccccc3F)cn2)CC1)N1CCOCC1. The summed E-state index contributed by atoms with van der Waals surface area (Å²) >= 11 is 0. The first kappa shape index (κ1) is 20.9. The van der Waals surface area contributed by atoms with E-state index in [1.807, 2.05) is 23.2 Å². The van der Waals surface area contributed by atoms with E-state index in [1.165, 1.54) is 6.07 Å². The zero-order valence-corrected chi connectivity index (χ0v) is 17.4. The third-order valence-electron chi connectivity index (χ3n) is 6.21. The molecule has 2 aromatic rings. The van der Waals surface area contributed by atoms with E-state index in [0.717, 1.165) is 56.8 Å². The molecule has 1 aromatic carbocycles. The number of likely N-dealkylation sites (tertiary alicyclic amines) is 1. The molecule has 0 N–H and O–H groups in total. The molecule has 0 spiro atoms. The zero-order chi connectivity index (χ0) is 20.8. The number of amides is 1. The highest BCUT2D eigenvalue weighted by Crippen LogP contribution is 2.27. The summed E-state index contributed by atoms with van der Waals surface area (Å²) in [4.78, 5) is 21.3. The number of carbonyl (C=O) groups is 1. The number of hydrogen-bond donors (Lipinski definition) is 0. The van der Waals surface area contributed by atoms with Gasteiger partial charge in [-0.15, -0.1) is 0 Å². The van der Waals surface area contributed by atoms with Crippen LogP contribution in [0.15, 0.2) is 42.6 Å². The van der Waals surface area contributed by atoms with Crippen molar-refractivity contribution in [3.63, 3.8) is 0 Å². The van der Waals surface area contributed by atoms with Crippen molar-refractivity contribution in [3.8, 4) is 0 Å². The number of benzene rings is 1. The minimum Gasteiger partial charge on any atom is -0.378 e. The van der Waals surface area contributed by atoms with Gasteiger partial charge in [0, 0.05) is 50.3 Å². The van der Waals surface area contributed by atoms with Crippen LogP contribution in [0.5, 0.6) is 0 Å². The van der Waals surface area contributed by atoms with Crippen molar-refractivity contribution in [2.75, 3.05) is 45.9 Å². The van der Waals surface area contributed by atoms with Crippen LogP contribution in [0.3, 0.4) is 0 Å². The Bertz CT molecular complexity index is 829. The second-order valence-electron chi connectivity index (χ2n) is 8.22. The van der Waals surface area contributed by atoms with Crippen LogP contribution in [0.2, 0.25) is 0 Å². The molecular formula is C24H30FN3O2. The summed E-state index contributed by atoms with van der Waals surface area (Å²) < 4.78 is 19.2. The van der Waals surface area contributed by atoms with Crippen molar-refractivity contribution < 1.29 is 13.9 Å². The first-order valence-electron chi connectivity index (χ1n) is 10.9. The van der Waals surface area contributed by atoms with Crippen molar-refractivity contribution in [2.24, 2.45) is 0 Å². The number of rotatable bonds is 6. The molecule has 1 amide bonds. The number of morpholine rings is 1. The number of halogens is 1. The van der Waals surface area contributed by atoms with Gasteiger partial charge < -0.3 is 14.5 Å². The Morgan fingerprint density at radius 3 is 2.53 bits per heavy atom. The van der Waals surface area contributed by atoms with E-state index in [0.29, 0.717) is 37.5 Å². The molecule has 3 heterocycles. The standard InChI is InChI=1S/C24H30FN3O2/c25-22-4-2-1-3-21(22)17-19-5-6-23(26-18-19)20-7-10-27(11-8-20)12-9-24(29)28-13-15-30-16-14-28/h1-6,18,20H,7-17H2. The van der Waals surface area contributed by atoms with Crippen molar-refractivity contribution in [3.05, 3.63) is 65.2 Å². The molecule has 0 atom stereocenters. The summed E-state index contributed by atoms with van der Waals surface area (Å²) in [5.41, 5.74) is 2.85. The summed E-state index contributed by atoms with van der Waals surface area (Å²) in [5.74, 6) is 0.535. The zero-order valence-electron chi connectivity index (χ0n) is 17.4. The molecular weight excluding hydrogens is 381 g/mol. The molecule has 0 bridgehead atoms. The van der Waals surface area contributed by atoms with Crippen molar-refractivity contribution in [1.82, 2.24) is 14.8 Å².